The van der Waals surface area contributed by atoms with Gasteiger partial charge in [-0.2, -0.15) is 10.4 Å². The molecule has 2 N–H and O–H groups in total. The minimum atomic E-state index is -2.32. The Morgan fingerprint density at radius 2 is 2.12 bits per heavy atom. The highest BCUT2D eigenvalue weighted by atomic mass is 19.1. The molecule has 9 heteroatoms. The van der Waals surface area contributed by atoms with Crippen LogP contribution in [0.1, 0.15) is 56.7 Å². The van der Waals surface area contributed by atoms with Crippen LogP contribution in [0.15, 0.2) is 36.5 Å². The number of halogens is 2. The maximum absolute atomic E-state index is 15.2. The molecule has 0 spiro atoms. The molecule has 0 aliphatic heterocycles. The lowest BCUT2D eigenvalue weighted by atomic mass is 9.80. The summed E-state index contributed by atoms with van der Waals surface area (Å²) in [7, 11) is 0. The van der Waals surface area contributed by atoms with Gasteiger partial charge in [-0.1, -0.05) is 13.8 Å². The van der Waals surface area contributed by atoms with Crippen LogP contribution in [0.25, 0.3) is 27.8 Å². The number of aromatic nitrogens is 4. The van der Waals surface area contributed by atoms with E-state index in [1.807, 2.05) is 24.5 Å². The highest BCUT2D eigenvalue weighted by Gasteiger charge is 2.49. The zero-order valence-electron chi connectivity index (χ0n) is 18.8. The van der Waals surface area contributed by atoms with Gasteiger partial charge in [-0.05, 0) is 55.5 Å². The first-order chi connectivity index (χ1) is 16.1. The van der Waals surface area contributed by atoms with E-state index in [2.05, 4.69) is 16.3 Å². The van der Waals surface area contributed by atoms with Gasteiger partial charge < -0.3 is 9.67 Å². The number of nitrogens with zero attached hydrogens (tertiary/aromatic N) is 4. The molecule has 1 aliphatic rings. The highest BCUT2D eigenvalue weighted by Crippen LogP contribution is 2.50. The van der Waals surface area contributed by atoms with E-state index < -0.39 is 23.0 Å². The van der Waals surface area contributed by atoms with E-state index >= 15 is 4.39 Å². The van der Waals surface area contributed by atoms with Crippen molar-refractivity contribution in [1.29, 1.82) is 5.26 Å². The first kappa shape index (κ1) is 22.0. The number of hydrogen-bond acceptors (Lipinski definition) is 4. The number of fused-ring (bicyclic) bond motifs is 2. The molecule has 0 bridgehead atoms. The second-order valence-electron chi connectivity index (χ2n) is 9.67. The average Bonchev–Trinajstić information content (AvgIpc) is 3.48. The van der Waals surface area contributed by atoms with Crippen LogP contribution >= 0.6 is 0 Å². The SMILES string of the molecule is CC(C)(CC#N)c1c([C@@H]2CC[C@@](F)(C(=O)O)C2)c2nc3[nH]ncc3cc2n1-c1ccc(F)cc1. The van der Waals surface area contributed by atoms with Crippen molar-refractivity contribution >= 4 is 28.0 Å². The molecule has 4 aromatic rings. The summed E-state index contributed by atoms with van der Waals surface area (Å²) in [5.74, 6) is -2.25. The van der Waals surface area contributed by atoms with Crippen molar-refractivity contribution in [1.82, 2.24) is 19.7 Å². The molecule has 174 valence electrons. The zero-order chi connectivity index (χ0) is 24.3. The van der Waals surface area contributed by atoms with E-state index in [4.69, 9.17) is 4.98 Å². The second-order valence-corrected chi connectivity index (χ2v) is 9.67. The van der Waals surface area contributed by atoms with Crippen LogP contribution in [0.4, 0.5) is 8.78 Å². The predicted molar refractivity (Wildman–Crippen MR) is 122 cm³/mol. The molecule has 1 aliphatic carbocycles. The molecular formula is C25H23F2N5O2. The Hall–Kier alpha value is -3.80. The molecule has 3 aromatic heterocycles. The quantitative estimate of drug-likeness (QED) is 0.418. The van der Waals surface area contributed by atoms with Crippen molar-refractivity contribution in [3.63, 3.8) is 0 Å². The van der Waals surface area contributed by atoms with E-state index in [1.165, 1.54) is 12.1 Å². The van der Waals surface area contributed by atoms with Gasteiger partial charge >= 0.3 is 5.97 Å². The van der Waals surface area contributed by atoms with Gasteiger partial charge in [-0.15, -0.1) is 0 Å². The molecule has 5 rings (SSSR count). The van der Waals surface area contributed by atoms with Crippen LogP contribution in [-0.4, -0.2) is 36.5 Å². The second kappa shape index (κ2) is 7.62. The van der Waals surface area contributed by atoms with Crippen LogP contribution < -0.4 is 0 Å². The number of nitriles is 1. The number of hydrogen-bond donors (Lipinski definition) is 2. The Balaban J connectivity index is 1.88. The lowest BCUT2D eigenvalue weighted by Gasteiger charge is -2.28. The van der Waals surface area contributed by atoms with E-state index in [9.17, 15) is 19.6 Å². The van der Waals surface area contributed by atoms with Gasteiger partial charge in [0.1, 0.15) is 5.82 Å². The average molecular weight is 463 g/mol. The molecule has 0 radical (unpaired) electrons. The van der Waals surface area contributed by atoms with E-state index in [-0.39, 0.29) is 25.1 Å². The third-order valence-corrected chi connectivity index (χ3v) is 6.88. The number of nitrogens with one attached hydrogen (secondary N) is 1. The van der Waals surface area contributed by atoms with Gasteiger partial charge in [-0.25, -0.2) is 18.6 Å². The van der Waals surface area contributed by atoms with Gasteiger partial charge in [-0.3, -0.25) is 5.10 Å². The topological polar surface area (TPSA) is 108 Å². The maximum atomic E-state index is 15.2. The summed E-state index contributed by atoms with van der Waals surface area (Å²) in [6.45, 7) is 3.85. The summed E-state index contributed by atoms with van der Waals surface area (Å²) in [5, 5.41) is 26.8. The predicted octanol–water partition coefficient (Wildman–Crippen LogP) is 5.29. The Bertz CT molecular complexity index is 1460. The first-order valence-electron chi connectivity index (χ1n) is 11.1. The molecule has 0 saturated heterocycles. The number of aromatic amines is 1. The van der Waals surface area contributed by atoms with Crippen molar-refractivity contribution in [3.05, 3.63) is 53.6 Å². The molecular weight excluding hydrogens is 440 g/mol. The van der Waals surface area contributed by atoms with Crippen molar-refractivity contribution in [2.24, 2.45) is 0 Å². The first-order valence-corrected chi connectivity index (χ1v) is 11.1. The lowest BCUT2D eigenvalue weighted by molar-refractivity contribution is -0.150. The van der Waals surface area contributed by atoms with Crippen LogP contribution in [-0.2, 0) is 10.2 Å². The summed E-state index contributed by atoms with van der Waals surface area (Å²) in [5.41, 5.74) is 1.02. The molecule has 0 unspecified atom stereocenters. The standard InChI is InChI=1S/C25H23F2N5O2/c1-24(2,9-10-28)21-19(14-7-8-25(27,12-14)23(33)34)20-18(11-15-13-29-31-22(15)30-20)32(21)17-5-3-16(26)4-6-17/h3-6,11,13-14H,7-9,12H2,1-2H3,(H,33,34)(H,29,30,31)/t14-,25+/m1/s1. The van der Waals surface area contributed by atoms with Crippen LogP contribution in [0.3, 0.4) is 0 Å². The fourth-order valence-corrected chi connectivity index (χ4v) is 5.22. The fraction of sp³-hybridized carbons (Fsp3) is 0.360. The Kier molecular flexibility index (Phi) is 4.93. The van der Waals surface area contributed by atoms with Crippen molar-refractivity contribution in [3.8, 4) is 11.8 Å². The molecule has 2 atom stereocenters. The molecule has 34 heavy (non-hydrogen) atoms. The number of carboxylic acid groups (broad SMARTS) is 1. The third-order valence-electron chi connectivity index (χ3n) is 6.88. The van der Waals surface area contributed by atoms with Gasteiger partial charge in [0.05, 0.1) is 23.3 Å². The van der Waals surface area contributed by atoms with Gasteiger partial charge in [0.25, 0.3) is 0 Å². The lowest BCUT2D eigenvalue weighted by Crippen LogP contribution is -2.30. The number of pyridine rings is 1. The largest absolute Gasteiger partial charge is 0.479 e. The summed E-state index contributed by atoms with van der Waals surface area (Å²) >= 11 is 0. The molecule has 1 saturated carbocycles. The molecule has 3 heterocycles. The molecule has 0 amide bonds. The highest BCUT2D eigenvalue weighted by molar-refractivity contribution is 5.94. The van der Waals surface area contributed by atoms with E-state index in [1.54, 1.807) is 18.3 Å². The monoisotopic (exact) mass is 463 g/mol. The van der Waals surface area contributed by atoms with E-state index in [0.717, 1.165) is 16.6 Å². The van der Waals surface area contributed by atoms with Gasteiger partial charge in [0.15, 0.2) is 5.65 Å². The van der Waals surface area contributed by atoms with Gasteiger partial charge in [0.2, 0.25) is 5.67 Å². The Morgan fingerprint density at radius 1 is 1.38 bits per heavy atom. The number of benzene rings is 1. The molecule has 7 nitrogen and oxygen atoms in total. The van der Waals surface area contributed by atoms with Crippen molar-refractivity contribution < 1.29 is 18.7 Å². The number of H-pyrrole nitrogens is 1. The minimum Gasteiger partial charge on any atom is -0.479 e. The third kappa shape index (κ3) is 3.33. The maximum Gasteiger partial charge on any atom is 0.341 e. The molecule has 1 aromatic carbocycles. The minimum absolute atomic E-state index is 0.0966. The number of alkyl halides is 1. The van der Waals surface area contributed by atoms with Crippen LogP contribution in [0.2, 0.25) is 0 Å². The van der Waals surface area contributed by atoms with Crippen LogP contribution in [0.5, 0.6) is 0 Å². The number of carboxylic acids is 1. The molecule has 1 fully saturated rings. The number of aliphatic carboxylic acids is 1. The van der Waals surface area contributed by atoms with Crippen molar-refractivity contribution in [2.45, 2.75) is 56.5 Å². The zero-order valence-corrected chi connectivity index (χ0v) is 18.8. The summed E-state index contributed by atoms with van der Waals surface area (Å²) in [4.78, 5) is 16.5. The fourth-order valence-electron chi connectivity index (χ4n) is 5.22. The van der Waals surface area contributed by atoms with Crippen molar-refractivity contribution in [2.75, 3.05) is 0 Å². The van der Waals surface area contributed by atoms with E-state index in [0.29, 0.717) is 28.8 Å². The summed E-state index contributed by atoms with van der Waals surface area (Å²) in [6.07, 6.45) is 1.88. The summed E-state index contributed by atoms with van der Waals surface area (Å²) < 4.78 is 30.9. The van der Waals surface area contributed by atoms with Gasteiger partial charge in [0, 0.05) is 34.2 Å². The number of rotatable bonds is 5. The normalized spacial score (nSPS) is 20.7. The Morgan fingerprint density at radius 3 is 2.76 bits per heavy atom. The Labute approximate surface area is 194 Å². The smallest absolute Gasteiger partial charge is 0.341 e. The van der Waals surface area contributed by atoms with Crippen LogP contribution in [0, 0.1) is 17.1 Å². The summed E-state index contributed by atoms with van der Waals surface area (Å²) in [6, 6.07) is 10.2. The number of carbonyl (C=O) groups is 1.